The van der Waals surface area contributed by atoms with Gasteiger partial charge in [0, 0.05) is 5.69 Å². The summed E-state index contributed by atoms with van der Waals surface area (Å²) in [6.07, 6.45) is 4.74. The lowest BCUT2D eigenvalue weighted by molar-refractivity contribution is -0.122. The number of hydrogen-bond acceptors (Lipinski definition) is 2. The SMILES string of the molecule is CCc1cccc(CC)c1NC(=O)C1(CC)CCCN1. The first-order chi connectivity index (χ1) is 9.66. The van der Waals surface area contributed by atoms with Crippen molar-refractivity contribution in [3.8, 4) is 0 Å². The highest BCUT2D eigenvalue weighted by Crippen LogP contribution is 2.28. The van der Waals surface area contributed by atoms with Gasteiger partial charge >= 0.3 is 0 Å². The van der Waals surface area contributed by atoms with Crippen LogP contribution in [0.3, 0.4) is 0 Å². The first-order valence-electron chi connectivity index (χ1n) is 7.84. The maximum atomic E-state index is 12.7. The van der Waals surface area contributed by atoms with Crippen molar-refractivity contribution < 1.29 is 4.79 Å². The smallest absolute Gasteiger partial charge is 0.244 e. The summed E-state index contributed by atoms with van der Waals surface area (Å²) in [5, 5.41) is 6.62. The molecule has 20 heavy (non-hydrogen) atoms. The summed E-state index contributed by atoms with van der Waals surface area (Å²) in [5.41, 5.74) is 3.11. The molecule has 1 heterocycles. The van der Waals surface area contributed by atoms with Crippen molar-refractivity contribution >= 4 is 11.6 Å². The van der Waals surface area contributed by atoms with Crippen LogP contribution in [0.2, 0.25) is 0 Å². The molecular formula is C17H26N2O. The number of anilines is 1. The Morgan fingerprint density at radius 1 is 1.25 bits per heavy atom. The zero-order valence-corrected chi connectivity index (χ0v) is 12.9. The fourth-order valence-corrected chi connectivity index (χ4v) is 3.10. The topological polar surface area (TPSA) is 41.1 Å². The van der Waals surface area contributed by atoms with E-state index < -0.39 is 0 Å². The number of carbonyl (C=O) groups excluding carboxylic acids is 1. The Morgan fingerprint density at radius 3 is 2.35 bits per heavy atom. The summed E-state index contributed by atoms with van der Waals surface area (Å²) in [7, 11) is 0. The molecule has 3 nitrogen and oxygen atoms in total. The molecule has 2 rings (SSSR count). The van der Waals surface area contributed by atoms with Crippen LogP contribution in [0, 0.1) is 0 Å². The molecule has 1 aromatic rings. The van der Waals surface area contributed by atoms with E-state index in [2.05, 4.69) is 49.6 Å². The molecule has 0 aromatic heterocycles. The monoisotopic (exact) mass is 274 g/mol. The molecule has 1 aliphatic heterocycles. The van der Waals surface area contributed by atoms with Gasteiger partial charge in [0.2, 0.25) is 5.91 Å². The van der Waals surface area contributed by atoms with Crippen molar-refractivity contribution in [3.05, 3.63) is 29.3 Å². The first kappa shape index (κ1) is 15.0. The maximum Gasteiger partial charge on any atom is 0.244 e. The van der Waals surface area contributed by atoms with Crippen molar-refractivity contribution in [2.75, 3.05) is 11.9 Å². The van der Waals surface area contributed by atoms with E-state index in [1.807, 2.05) is 0 Å². The number of carbonyl (C=O) groups is 1. The van der Waals surface area contributed by atoms with E-state index in [9.17, 15) is 4.79 Å². The lowest BCUT2D eigenvalue weighted by atomic mass is 9.92. The van der Waals surface area contributed by atoms with Gasteiger partial charge in [0.1, 0.15) is 0 Å². The molecule has 0 radical (unpaired) electrons. The Morgan fingerprint density at radius 2 is 1.90 bits per heavy atom. The van der Waals surface area contributed by atoms with E-state index in [1.165, 1.54) is 11.1 Å². The van der Waals surface area contributed by atoms with Gasteiger partial charge in [-0.1, -0.05) is 39.0 Å². The van der Waals surface area contributed by atoms with E-state index >= 15 is 0 Å². The predicted octanol–water partition coefficient (Wildman–Crippen LogP) is 3.28. The second-order valence-corrected chi connectivity index (χ2v) is 5.58. The third kappa shape index (κ3) is 2.73. The van der Waals surface area contributed by atoms with Gasteiger partial charge in [0.15, 0.2) is 0 Å². The Kier molecular flexibility index (Phi) is 4.81. The summed E-state index contributed by atoms with van der Waals surface area (Å²) in [5.74, 6) is 0.133. The summed E-state index contributed by atoms with van der Waals surface area (Å²) in [6, 6.07) is 6.29. The molecular weight excluding hydrogens is 248 g/mol. The predicted molar refractivity (Wildman–Crippen MR) is 84.1 cm³/mol. The molecule has 1 saturated heterocycles. The van der Waals surface area contributed by atoms with Gasteiger partial charge < -0.3 is 10.6 Å². The molecule has 0 aliphatic carbocycles. The third-order valence-electron chi connectivity index (χ3n) is 4.52. The molecule has 0 saturated carbocycles. The second-order valence-electron chi connectivity index (χ2n) is 5.58. The van der Waals surface area contributed by atoms with Crippen LogP contribution in [0.25, 0.3) is 0 Å². The number of rotatable bonds is 5. The van der Waals surface area contributed by atoms with Crippen LogP contribution < -0.4 is 10.6 Å². The summed E-state index contributed by atoms with van der Waals surface area (Å²) >= 11 is 0. The number of amides is 1. The number of benzene rings is 1. The molecule has 2 N–H and O–H groups in total. The fraction of sp³-hybridized carbons (Fsp3) is 0.588. The molecule has 110 valence electrons. The average molecular weight is 274 g/mol. The Hall–Kier alpha value is -1.35. The number of aryl methyl sites for hydroxylation is 2. The van der Waals surface area contributed by atoms with Crippen LogP contribution in [0.15, 0.2) is 18.2 Å². The second kappa shape index (κ2) is 6.40. The molecule has 1 unspecified atom stereocenters. The van der Waals surface area contributed by atoms with Crippen LogP contribution in [0.5, 0.6) is 0 Å². The van der Waals surface area contributed by atoms with Gasteiger partial charge in [-0.05, 0) is 49.8 Å². The molecule has 3 heteroatoms. The van der Waals surface area contributed by atoms with Crippen LogP contribution in [0.4, 0.5) is 5.69 Å². The molecule has 1 aliphatic rings. The lowest BCUT2D eigenvalue weighted by Crippen LogP contribution is -2.50. The number of nitrogens with one attached hydrogen (secondary N) is 2. The van der Waals surface area contributed by atoms with Gasteiger partial charge in [0.25, 0.3) is 0 Å². The Bertz CT molecular complexity index is 454. The van der Waals surface area contributed by atoms with Crippen molar-refractivity contribution in [2.45, 2.75) is 58.4 Å². The van der Waals surface area contributed by atoms with Crippen LogP contribution >= 0.6 is 0 Å². The lowest BCUT2D eigenvalue weighted by Gasteiger charge is -2.28. The number of para-hydroxylation sites is 1. The number of hydrogen-bond donors (Lipinski definition) is 2. The van der Waals surface area contributed by atoms with Crippen molar-refractivity contribution in [1.29, 1.82) is 0 Å². The van der Waals surface area contributed by atoms with Gasteiger partial charge in [0.05, 0.1) is 5.54 Å². The normalized spacial score (nSPS) is 21.9. The van der Waals surface area contributed by atoms with Gasteiger partial charge in [-0.2, -0.15) is 0 Å². The Balaban J connectivity index is 2.27. The molecule has 0 spiro atoms. The fourth-order valence-electron chi connectivity index (χ4n) is 3.10. The van der Waals surface area contributed by atoms with Gasteiger partial charge in [-0.25, -0.2) is 0 Å². The standard InChI is InChI=1S/C17H26N2O/c1-4-13-9-7-10-14(5-2)15(13)19-16(20)17(6-3)11-8-12-18-17/h7,9-10,18H,4-6,8,11-12H2,1-3H3,(H,19,20). The minimum atomic E-state index is -0.369. The molecule has 1 fully saturated rings. The van der Waals surface area contributed by atoms with E-state index in [0.29, 0.717) is 0 Å². The summed E-state index contributed by atoms with van der Waals surface area (Å²) in [6.45, 7) is 7.29. The van der Waals surface area contributed by atoms with E-state index in [1.54, 1.807) is 0 Å². The zero-order chi connectivity index (χ0) is 14.6. The first-order valence-corrected chi connectivity index (χ1v) is 7.84. The zero-order valence-electron chi connectivity index (χ0n) is 12.9. The van der Waals surface area contributed by atoms with Gasteiger partial charge in [-0.15, -0.1) is 0 Å². The van der Waals surface area contributed by atoms with Crippen LogP contribution in [0.1, 0.15) is 51.2 Å². The minimum Gasteiger partial charge on any atom is -0.324 e. The Labute approximate surface area is 122 Å². The molecule has 0 bridgehead atoms. The molecule has 1 aromatic carbocycles. The third-order valence-corrected chi connectivity index (χ3v) is 4.52. The molecule has 1 atom stereocenters. The van der Waals surface area contributed by atoms with E-state index in [4.69, 9.17) is 0 Å². The van der Waals surface area contributed by atoms with E-state index in [-0.39, 0.29) is 11.4 Å². The van der Waals surface area contributed by atoms with Crippen molar-refractivity contribution in [3.63, 3.8) is 0 Å². The maximum absolute atomic E-state index is 12.7. The largest absolute Gasteiger partial charge is 0.324 e. The molecule has 1 amide bonds. The summed E-state index contributed by atoms with van der Waals surface area (Å²) < 4.78 is 0. The summed E-state index contributed by atoms with van der Waals surface area (Å²) in [4.78, 5) is 12.7. The van der Waals surface area contributed by atoms with Crippen molar-refractivity contribution in [1.82, 2.24) is 5.32 Å². The quantitative estimate of drug-likeness (QED) is 0.865. The highest BCUT2D eigenvalue weighted by Gasteiger charge is 2.39. The average Bonchev–Trinajstić information content (AvgIpc) is 2.97. The van der Waals surface area contributed by atoms with Crippen LogP contribution in [-0.2, 0) is 17.6 Å². The van der Waals surface area contributed by atoms with Crippen LogP contribution in [-0.4, -0.2) is 18.0 Å². The van der Waals surface area contributed by atoms with Gasteiger partial charge in [-0.3, -0.25) is 4.79 Å². The highest BCUT2D eigenvalue weighted by atomic mass is 16.2. The highest BCUT2D eigenvalue weighted by molar-refractivity contribution is 5.99. The van der Waals surface area contributed by atoms with E-state index in [0.717, 1.165) is 44.3 Å². The minimum absolute atomic E-state index is 0.133. The van der Waals surface area contributed by atoms with Crippen molar-refractivity contribution in [2.24, 2.45) is 0 Å².